The zero-order chi connectivity index (χ0) is 14.6. The van der Waals surface area contributed by atoms with Gasteiger partial charge < -0.3 is 10.0 Å². The highest BCUT2D eigenvalue weighted by atomic mass is 35.5. The van der Waals surface area contributed by atoms with Gasteiger partial charge in [-0.05, 0) is 18.6 Å². The van der Waals surface area contributed by atoms with Crippen LogP contribution in [0, 0.1) is 11.6 Å². The fourth-order valence-electron chi connectivity index (χ4n) is 1.46. The van der Waals surface area contributed by atoms with Crippen LogP contribution in [0.5, 0.6) is 0 Å². The third kappa shape index (κ3) is 4.17. The largest absolute Gasteiger partial charge is 0.481 e. The van der Waals surface area contributed by atoms with Gasteiger partial charge >= 0.3 is 5.97 Å². The number of carbonyl (C=O) groups is 2. The van der Waals surface area contributed by atoms with Gasteiger partial charge in [-0.25, -0.2) is 8.78 Å². The number of hydrogen-bond donors (Lipinski definition) is 1. The molecule has 0 aliphatic rings. The van der Waals surface area contributed by atoms with Crippen LogP contribution in [-0.4, -0.2) is 35.5 Å². The lowest BCUT2D eigenvalue weighted by Crippen LogP contribution is -2.29. The van der Waals surface area contributed by atoms with E-state index in [-0.39, 0.29) is 19.4 Å². The highest BCUT2D eigenvalue weighted by Gasteiger charge is 2.18. The van der Waals surface area contributed by atoms with Gasteiger partial charge in [-0.3, -0.25) is 9.59 Å². The van der Waals surface area contributed by atoms with E-state index in [1.165, 1.54) is 7.05 Å². The van der Waals surface area contributed by atoms with Crippen molar-refractivity contribution in [3.8, 4) is 0 Å². The summed E-state index contributed by atoms with van der Waals surface area (Å²) in [6, 6.07) is 1.46. The first-order valence-electron chi connectivity index (χ1n) is 5.44. The number of rotatable bonds is 5. The number of aliphatic carboxylic acids is 1. The Morgan fingerprint density at radius 3 is 2.53 bits per heavy atom. The van der Waals surface area contributed by atoms with E-state index >= 15 is 0 Å². The molecule has 1 aromatic carbocycles. The number of carboxylic acids is 1. The zero-order valence-corrected chi connectivity index (χ0v) is 10.9. The molecule has 0 aliphatic carbocycles. The van der Waals surface area contributed by atoms with Crippen molar-refractivity contribution in [1.82, 2.24) is 4.90 Å². The molecule has 104 valence electrons. The maximum Gasteiger partial charge on any atom is 0.303 e. The fourth-order valence-corrected chi connectivity index (χ4v) is 1.61. The maximum atomic E-state index is 13.5. The number of nitrogens with zero attached hydrogens (tertiary/aromatic N) is 1. The van der Waals surface area contributed by atoms with Crippen LogP contribution in [0.3, 0.4) is 0 Å². The molecule has 1 aromatic rings. The second-order valence-electron chi connectivity index (χ2n) is 3.97. The molecular weight excluding hydrogens is 280 g/mol. The Morgan fingerprint density at radius 2 is 1.95 bits per heavy atom. The number of benzene rings is 1. The van der Waals surface area contributed by atoms with Gasteiger partial charge in [-0.1, -0.05) is 11.6 Å². The smallest absolute Gasteiger partial charge is 0.303 e. The highest BCUT2D eigenvalue weighted by Crippen LogP contribution is 2.20. The van der Waals surface area contributed by atoms with E-state index in [1.807, 2.05) is 0 Å². The topological polar surface area (TPSA) is 57.6 Å². The number of halogens is 3. The standard InChI is InChI=1S/C12H12ClF2NO3/c1-16(4-2-3-11(17)18)12(19)7-5-10(15)8(13)6-9(7)14/h5-6H,2-4H2,1H3,(H,17,18). The summed E-state index contributed by atoms with van der Waals surface area (Å²) in [6.45, 7) is 0.134. The van der Waals surface area contributed by atoms with Gasteiger partial charge in [-0.2, -0.15) is 0 Å². The number of hydrogen-bond acceptors (Lipinski definition) is 2. The summed E-state index contributed by atoms with van der Waals surface area (Å²) in [5, 5.41) is 8.06. The van der Waals surface area contributed by atoms with E-state index in [2.05, 4.69) is 0 Å². The predicted octanol–water partition coefficient (Wildman–Crippen LogP) is 2.56. The van der Waals surface area contributed by atoms with Crippen LogP contribution in [0.25, 0.3) is 0 Å². The summed E-state index contributed by atoms with van der Waals surface area (Å²) >= 11 is 5.38. The monoisotopic (exact) mass is 291 g/mol. The third-order valence-corrected chi connectivity index (χ3v) is 2.76. The summed E-state index contributed by atoms with van der Waals surface area (Å²) in [5.74, 6) is -3.50. The SMILES string of the molecule is CN(CCCC(=O)O)C(=O)c1cc(F)c(Cl)cc1F. The molecule has 1 rings (SSSR count). The van der Waals surface area contributed by atoms with Crippen molar-refractivity contribution in [1.29, 1.82) is 0 Å². The van der Waals surface area contributed by atoms with Crippen molar-refractivity contribution >= 4 is 23.5 Å². The summed E-state index contributed by atoms with van der Waals surface area (Å²) in [4.78, 5) is 23.3. The molecule has 0 aliphatic heterocycles. The average Bonchev–Trinajstić information content (AvgIpc) is 2.32. The van der Waals surface area contributed by atoms with E-state index in [9.17, 15) is 18.4 Å². The molecule has 1 N–H and O–H groups in total. The Bertz CT molecular complexity index is 508. The molecule has 0 saturated carbocycles. The van der Waals surface area contributed by atoms with E-state index in [0.29, 0.717) is 0 Å². The minimum absolute atomic E-state index is 0.102. The molecule has 0 fully saturated rings. The van der Waals surface area contributed by atoms with E-state index < -0.39 is 34.1 Å². The molecule has 0 bridgehead atoms. The Kier molecular flexibility index (Phi) is 5.23. The first-order valence-corrected chi connectivity index (χ1v) is 5.82. The molecule has 0 spiro atoms. The van der Waals surface area contributed by atoms with Crippen LogP contribution in [0.2, 0.25) is 5.02 Å². The van der Waals surface area contributed by atoms with E-state index in [4.69, 9.17) is 16.7 Å². The van der Waals surface area contributed by atoms with Gasteiger partial charge in [0, 0.05) is 20.0 Å². The summed E-state index contributed by atoms with van der Waals surface area (Å²) in [6.07, 6.45) is 0.129. The van der Waals surface area contributed by atoms with Crippen LogP contribution in [0.15, 0.2) is 12.1 Å². The molecule has 0 heterocycles. The first-order chi connectivity index (χ1) is 8.82. The second-order valence-corrected chi connectivity index (χ2v) is 4.38. The normalized spacial score (nSPS) is 10.3. The molecule has 1 amide bonds. The van der Waals surface area contributed by atoms with Crippen molar-refractivity contribution in [3.63, 3.8) is 0 Å². The van der Waals surface area contributed by atoms with Gasteiger partial charge in [0.05, 0.1) is 10.6 Å². The molecule has 19 heavy (non-hydrogen) atoms. The quantitative estimate of drug-likeness (QED) is 0.848. The molecule has 7 heteroatoms. The third-order valence-electron chi connectivity index (χ3n) is 2.47. The Labute approximate surface area is 113 Å². The minimum atomic E-state index is -0.982. The first kappa shape index (κ1) is 15.4. The van der Waals surface area contributed by atoms with Crippen LogP contribution < -0.4 is 0 Å². The van der Waals surface area contributed by atoms with Gasteiger partial charge in [0.1, 0.15) is 11.6 Å². The molecule has 0 saturated heterocycles. The van der Waals surface area contributed by atoms with E-state index in [0.717, 1.165) is 17.0 Å². The number of amides is 1. The highest BCUT2D eigenvalue weighted by molar-refractivity contribution is 6.30. The van der Waals surface area contributed by atoms with E-state index in [1.54, 1.807) is 0 Å². The molecule has 0 radical (unpaired) electrons. The lowest BCUT2D eigenvalue weighted by molar-refractivity contribution is -0.137. The zero-order valence-electron chi connectivity index (χ0n) is 10.1. The molecule has 4 nitrogen and oxygen atoms in total. The lowest BCUT2D eigenvalue weighted by atomic mass is 10.1. The summed E-state index contributed by atoms with van der Waals surface area (Å²) < 4.78 is 26.7. The lowest BCUT2D eigenvalue weighted by Gasteiger charge is -2.17. The van der Waals surface area contributed by atoms with Crippen LogP contribution in [-0.2, 0) is 4.79 Å². The Hall–Kier alpha value is -1.69. The number of carbonyl (C=O) groups excluding carboxylic acids is 1. The Balaban J connectivity index is 2.77. The minimum Gasteiger partial charge on any atom is -0.481 e. The van der Waals surface area contributed by atoms with Gasteiger partial charge in [0.25, 0.3) is 5.91 Å². The van der Waals surface area contributed by atoms with Gasteiger partial charge in [-0.15, -0.1) is 0 Å². The summed E-state index contributed by atoms with van der Waals surface area (Å²) in [7, 11) is 1.39. The number of carboxylic acid groups (broad SMARTS) is 1. The summed E-state index contributed by atoms with van der Waals surface area (Å²) in [5.41, 5.74) is -0.431. The van der Waals surface area contributed by atoms with Crippen molar-refractivity contribution in [2.75, 3.05) is 13.6 Å². The van der Waals surface area contributed by atoms with Gasteiger partial charge in [0.15, 0.2) is 0 Å². The van der Waals surface area contributed by atoms with Crippen molar-refractivity contribution in [2.24, 2.45) is 0 Å². The molecule has 0 atom stereocenters. The van der Waals surface area contributed by atoms with Crippen molar-refractivity contribution in [3.05, 3.63) is 34.4 Å². The van der Waals surface area contributed by atoms with Crippen LogP contribution >= 0.6 is 11.6 Å². The van der Waals surface area contributed by atoms with Crippen molar-refractivity contribution in [2.45, 2.75) is 12.8 Å². The Morgan fingerprint density at radius 1 is 1.32 bits per heavy atom. The fraction of sp³-hybridized carbons (Fsp3) is 0.333. The van der Waals surface area contributed by atoms with Crippen LogP contribution in [0.4, 0.5) is 8.78 Å². The molecule has 0 aromatic heterocycles. The second kappa shape index (κ2) is 6.47. The van der Waals surface area contributed by atoms with Crippen LogP contribution in [0.1, 0.15) is 23.2 Å². The molecular formula is C12H12ClF2NO3. The molecule has 0 unspecified atom stereocenters. The maximum absolute atomic E-state index is 13.5. The average molecular weight is 292 g/mol. The van der Waals surface area contributed by atoms with Crippen molar-refractivity contribution < 1.29 is 23.5 Å². The predicted molar refractivity (Wildman–Crippen MR) is 65.2 cm³/mol. The van der Waals surface area contributed by atoms with Gasteiger partial charge in [0.2, 0.25) is 0 Å².